The highest BCUT2D eigenvalue weighted by Crippen LogP contribution is 2.60. The number of hydrogen-bond acceptors (Lipinski definition) is 5. The number of likely N-dealkylation sites (tertiary alicyclic amines) is 1. The van der Waals surface area contributed by atoms with Crippen LogP contribution in [0.25, 0.3) is 10.9 Å². The van der Waals surface area contributed by atoms with Crippen molar-refractivity contribution in [3.8, 4) is 0 Å². The van der Waals surface area contributed by atoms with E-state index in [1.807, 2.05) is 79.9 Å². The van der Waals surface area contributed by atoms with Crippen molar-refractivity contribution in [3.05, 3.63) is 94.1 Å². The number of amides is 3. The Balaban J connectivity index is 1.15. The number of aliphatic hydroxyl groups is 1. The Labute approximate surface area is 300 Å². The lowest BCUT2D eigenvalue weighted by Gasteiger charge is -2.31. The van der Waals surface area contributed by atoms with Gasteiger partial charge in [-0.15, -0.1) is 0 Å². The van der Waals surface area contributed by atoms with Gasteiger partial charge in [-0.25, -0.2) is 0 Å². The summed E-state index contributed by atoms with van der Waals surface area (Å²) in [6.07, 6.45) is 2.74. The number of fused-ring (bicyclic) bond motifs is 3. The number of ether oxygens (including phenoxy) is 1. The van der Waals surface area contributed by atoms with Crippen LogP contribution in [0.2, 0.25) is 18.6 Å². The van der Waals surface area contributed by atoms with Gasteiger partial charge < -0.3 is 34.1 Å². The van der Waals surface area contributed by atoms with E-state index in [0.29, 0.717) is 23.5 Å². The summed E-state index contributed by atoms with van der Waals surface area (Å²) in [6, 6.07) is 20.6. The third-order valence-corrected chi connectivity index (χ3v) is 13.7. The molecule has 1 aromatic heterocycles. The van der Waals surface area contributed by atoms with Gasteiger partial charge in [0, 0.05) is 50.8 Å². The van der Waals surface area contributed by atoms with Crippen LogP contribution in [-0.4, -0.2) is 66.4 Å². The standard InChI is InChI=1S/C38H42BrFN4O5Si/c1-23-36(50(2,3)40)33(19-35(47)43-15-7-10-28(43)22-45)49-38(23)30-18-26(39)13-14-32(30)44(37(38)48)21-24-8-6-9-27(16-24)42-34(46)17-25-20-41-31-12-5-4-11-29(25)31/h4-6,8-9,11-14,16,18,20,23,28,33,36,41,45H,7,10,15,17,19,21-22H2,1-3H3,(H,42,46)/t23-,28+,33+,36-,38+/m1/s1. The Morgan fingerprint density at radius 3 is 2.72 bits per heavy atom. The number of para-hydroxylation sites is 1. The van der Waals surface area contributed by atoms with Gasteiger partial charge in [0.2, 0.25) is 20.2 Å². The van der Waals surface area contributed by atoms with Crippen LogP contribution in [0.5, 0.6) is 0 Å². The fraction of sp³-hybridized carbons (Fsp3) is 0.395. The fourth-order valence-electron chi connectivity index (χ4n) is 8.61. The van der Waals surface area contributed by atoms with Gasteiger partial charge in [-0.2, -0.15) is 0 Å². The second-order valence-electron chi connectivity index (χ2n) is 14.4. The van der Waals surface area contributed by atoms with E-state index in [-0.39, 0.29) is 49.8 Å². The van der Waals surface area contributed by atoms with Crippen molar-refractivity contribution in [1.82, 2.24) is 9.88 Å². The number of benzene rings is 3. The normalized spacial score (nSPS) is 24.8. The Kier molecular flexibility index (Phi) is 9.25. The number of rotatable bonds is 9. The molecule has 9 nitrogen and oxygen atoms in total. The number of H-pyrrole nitrogens is 1. The zero-order chi connectivity index (χ0) is 35.4. The zero-order valence-corrected chi connectivity index (χ0v) is 31.0. The first-order valence-corrected chi connectivity index (χ1v) is 21.0. The number of nitrogens with zero attached hydrogens (tertiary/aromatic N) is 2. The number of aromatic nitrogens is 1. The highest BCUT2D eigenvalue weighted by atomic mass is 79.9. The van der Waals surface area contributed by atoms with E-state index in [4.69, 9.17) is 4.74 Å². The second-order valence-corrected chi connectivity index (χ2v) is 19.1. The van der Waals surface area contributed by atoms with E-state index in [9.17, 15) is 19.5 Å². The number of anilines is 2. The lowest BCUT2D eigenvalue weighted by Crippen LogP contribution is -2.45. The van der Waals surface area contributed by atoms with Crippen molar-refractivity contribution in [3.63, 3.8) is 0 Å². The van der Waals surface area contributed by atoms with Crippen LogP contribution in [0, 0.1) is 5.92 Å². The Hall–Kier alpha value is -3.84. The van der Waals surface area contributed by atoms with Crippen molar-refractivity contribution in [2.24, 2.45) is 5.92 Å². The molecule has 0 aliphatic carbocycles. The summed E-state index contributed by atoms with van der Waals surface area (Å²) in [4.78, 5) is 48.1. The number of aromatic amines is 1. The summed E-state index contributed by atoms with van der Waals surface area (Å²) >= 11 is 3.58. The van der Waals surface area contributed by atoms with Gasteiger partial charge in [0.25, 0.3) is 5.91 Å². The molecule has 1 spiro atoms. The number of carbonyl (C=O) groups is 3. The monoisotopic (exact) mass is 760 g/mol. The van der Waals surface area contributed by atoms with Crippen LogP contribution in [0.3, 0.4) is 0 Å². The highest BCUT2D eigenvalue weighted by Gasteiger charge is 2.67. The molecule has 2 saturated heterocycles. The molecular formula is C38H42BrFN4O5Si. The molecule has 3 aromatic carbocycles. The topological polar surface area (TPSA) is 115 Å². The SMILES string of the molecule is C[C@@H]1[C@@H]([Si](C)(C)F)[C@H](CC(=O)N2CCC[C@H]2CO)O[C@@]12C(=O)N(Cc1cccc(NC(=O)Cc3c[nH]c4ccccc34)c1)c1ccc(Br)cc12. The largest absolute Gasteiger partial charge is 0.394 e. The number of nitrogens with one attached hydrogen (secondary N) is 2. The van der Waals surface area contributed by atoms with Crippen molar-refractivity contribution in [2.75, 3.05) is 23.4 Å². The van der Waals surface area contributed by atoms with Crippen LogP contribution < -0.4 is 10.2 Å². The summed E-state index contributed by atoms with van der Waals surface area (Å²) in [5.41, 5.74) is 2.52. The molecule has 7 rings (SSSR count). The Morgan fingerprint density at radius 2 is 1.94 bits per heavy atom. The molecule has 12 heteroatoms. The van der Waals surface area contributed by atoms with E-state index < -0.39 is 31.6 Å². The van der Waals surface area contributed by atoms with E-state index >= 15 is 4.11 Å². The van der Waals surface area contributed by atoms with Crippen LogP contribution in [-0.2, 0) is 37.7 Å². The number of aliphatic hydroxyl groups excluding tert-OH is 1. The molecule has 2 fully saturated rings. The summed E-state index contributed by atoms with van der Waals surface area (Å²) in [6.45, 7) is 5.76. The van der Waals surface area contributed by atoms with Crippen LogP contribution in [0.1, 0.15) is 42.9 Å². The van der Waals surface area contributed by atoms with E-state index in [1.54, 1.807) is 22.9 Å². The predicted octanol–water partition coefficient (Wildman–Crippen LogP) is 6.81. The van der Waals surface area contributed by atoms with Crippen molar-refractivity contribution in [2.45, 2.75) is 75.5 Å². The van der Waals surface area contributed by atoms with Gasteiger partial charge in [-0.1, -0.05) is 53.2 Å². The molecule has 50 heavy (non-hydrogen) atoms. The number of carbonyl (C=O) groups excluding carboxylic acids is 3. The van der Waals surface area contributed by atoms with Gasteiger partial charge in [-0.05, 0) is 73.5 Å². The lowest BCUT2D eigenvalue weighted by atomic mass is 9.82. The molecule has 4 aromatic rings. The maximum atomic E-state index is 16.3. The van der Waals surface area contributed by atoms with E-state index in [2.05, 4.69) is 26.2 Å². The van der Waals surface area contributed by atoms with Crippen molar-refractivity contribution < 1.29 is 28.3 Å². The Morgan fingerprint density at radius 1 is 1.14 bits per heavy atom. The lowest BCUT2D eigenvalue weighted by molar-refractivity contribution is -0.150. The zero-order valence-electron chi connectivity index (χ0n) is 28.4. The minimum Gasteiger partial charge on any atom is -0.394 e. The van der Waals surface area contributed by atoms with E-state index in [1.165, 1.54) is 0 Å². The molecule has 3 aliphatic heterocycles. The molecule has 0 unspecified atom stereocenters. The first-order valence-electron chi connectivity index (χ1n) is 17.2. The third-order valence-electron chi connectivity index (χ3n) is 10.8. The molecule has 3 aliphatic rings. The average Bonchev–Trinajstić information content (AvgIpc) is 3.83. The molecule has 3 N–H and O–H groups in total. The second kappa shape index (κ2) is 13.4. The number of halogens is 2. The summed E-state index contributed by atoms with van der Waals surface area (Å²) in [7, 11) is -3.47. The maximum Gasteiger partial charge on any atom is 0.264 e. The smallest absolute Gasteiger partial charge is 0.264 e. The molecule has 5 atom stereocenters. The predicted molar refractivity (Wildman–Crippen MR) is 197 cm³/mol. The molecular weight excluding hydrogens is 719 g/mol. The first-order chi connectivity index (χ1) is 23.9. The van der Waals surface area contributed by atoms with Crippen molar-refractivity contribution in [1.29, 1.82) is 0 Å². The minimum atomic E-state index is -3.47. The van der Waals surface area contributed by atoms with Gasteiger partial charge in [0.05, 0.1) is 43.8 Å². The number of hydrogen-bond donors (Lipinski definition) is 3. The highest BCUT2D eigenvalue weighted by molar-refractivity contribution is 9.10. The maximum absolute atomic E-state index is 16.3. The van der Waals surface area contributed by atoms with Gasteiger partial charge in [0.1, 0.15) is 0 Å². The molecule has 3 amide bonds. The first kappa shape index (κ1) is 34.6. The fourth-order valence-corrected chi connectivity index (χ4v) is 11.5. The molecule has 0 bridgehead atoms. The van der Waals surface area contributed by atoms with Gasteiger partial charge in [-0.3, -0.25) is 14.4 Å². The molecule has 262 valence electrons. The van der Waals surface area contributed by atoms with Crippen LogP contribution in [0.15, 0.2) is 77.4 Å². The molecule has 4 heterocycles. The summed E-state index contributed by atoms with van der Waals surface area (Å²) < 4.78 is 23.8. The van der Waals surface area contributed by atoms with Gasteiger partial charge >= 0.3 is 0 Å². The average molecular weight is 762 g/mol. The Bertz CT molecular complexity index is 1960. The van der Waals surface area contributed by atoms with Gasteiger partial charge in [0.15, 0.2) is 5.60 Å². The molecule has 0 radical (unpaired) electrons. The quantitative estimate of drug-likeness (QED) is 0.128. The van der Waals surface area contributed by atoms with Crippen molar-refractivity contribution >= 4 is 64.3 Å². The molecule has 0 saturated carbocycles. The summed E-state index contributed by atoms with van der Waals surface area (Å²) in [5.74, 6) is -1.17. The summed E-state index contributed by atoms with van der Waals surface area (Å²) in [5, 5.41) is 13.9. The van der Waals surface area contributed by atoms with E-state index in [0.717, 1.165) is 39.3 Å². The van der Waals surface area contributed by atoms with Crippen LogP contribution in [0.4, 0.5) is 15.5 Å². The van der Waals surface area contributed by atoms with Crippen LogP contribution >= 0.6 is 15.9 Å². The minimum absolute atomic E-state index is 0.0511. The third kappa shape index (κ3) is 6.10.